The number of hydrogen-bond acceptors (Lipinski definition) is 6. The van der Waals surface area contributed by atoms with Gasteiger partial charge in [0, 0.05) is 19.0 Å². The van der Waals surface area contributed by atoms with E-state index in [4.69, 9.17) is 0 Å². The summed E-state index contributed by atoms with van der Waals surface area (Å²) in [6.45, 7) is 2.79. The van der Waals surface area contributed by atoms with E-state index >= 15 is 0 Å². The lowest BCUT2D eigenvalue weighted by molar-refractivity contribution is -0.136. The quantitative estimate of drug-likeness (QED) is 0.627. The molecular formula is C21H24N4O4. The van der Waals surface area contributed by atoms with Gasteiger partial charge in [0.25, 0.3) is 11.8 Å². The lowest BCUT2D eigenvalue weighted by Crippen LogP contribution is -2.54. The normalized spacial score (nSPS) is 31.2. The predicted octanol–water partition coefficient (Wildman–Crippen LogP) is 0.175. The zero-order valence-corrected chi connectivity index (χ0v) is 16.1. The van der Waals surface area contributed by atoms with Crippen LogP contribution >= 0.6 is 0 Å². The zero-order valence-electron chi connectivity index (χ0n) is 16.1. The molecule has 8 nitrogen and oxygen atoms in total. The molecule has 4 aliphatic rings. The van der Waals surface area contributed by atoms with Crippen LogP contribution in [0.5, 0.6) is 0 Å². The van der Waals surface area contributed by atoms with Crippen molar-refractivity contribution in [1.82, 2.24) is 20.9 Å². The molecule has 3 N–H and O–H groups in total. The number of benzene rings is 1. The predicted molar refractivity (Wildman–Crippen MR) is 103 cm³/mol. The van der Waals surface area contributed by atoms with E-state index in [1.807, 2.05) is 6.07 Å². The van der Waals surface area contributed by atoms with Crippen molar-refractivity contribution < 1.29 is 19.2 Å². The van der Waals surface area contributed by atoms with E-state index in [0.29, 0.717) is 29.6 Å². The number of amides is 4. The number of carbonyl (C=O) groups excluding carboxylic acids is 4. The van der Waals surface area contributed by atoms with Crippen LogP contribution in [0.25, 0.3) is 0 Å². The highest BCUT2D eigenvalue weighted by Gasteiger charge is 2.44. The monoisotopic (exact) mass is 396 g/mol. The fourth-order valence-corrected chi connectivity index (χ4v) is 5.23. The Labute approximate surface area is 168 Å². The minimum absolute atomic E-state index is 0.122. The Balaban J connectivity index is 1.30. The first-order valence-corrected chi connectivity index (χ1v) is 10.3. The first kappa shape index (κ1) is 18.4. The van der Waals surface area contributed by atoms with Crippen molar-refractivity contribution in [2.75, 3.05) is 13.1 Å². The highest BCUT2D eigenvalue weighted by Crippen LogP contribution is 2.34. The lowest BCUT2D eigenvalue weighted by atomic mass is 9.99. The minimum Gasteiger partial charge on any atom is -0.316 e. The van der Waals surface area contributed by atoms with Gasteiger partial charge in [0.1, 0.15) is 6.04 Å². The van der Waals surface area contributed by atoms with Gasteiger partial charge in [0.2, 0.25) is 11.8 Å². The van der Waals surface area contributed by atoms with Crippen LogP contribution < -0.4 is 16.0 Å². The van der Waals surface area contributed by atoms with Crippen LogP contribution in [0.15, 0.2) is 18.2 Å². The van der Waals surface area contributed by atoms with Gasteiger partial charge in [-0.25, -0.2) is 0 Å². The van der Waals surface area contributed by atoms with Crippen molar-refractivity contribution in [3.63, 3.8) is 0 Å². The highest BCUT2D eigenvalue weighted by atomic mass is 16.2. The van der Waals surface area contributed by atoms with E-state index in [-0.39, 0.29) is 18.7 Å². The fourth-order valence-electron chi connectivity index (χ4n) is 5.23. The summed E-state index contributed by atoms with van der Waals surface area (Å²) in [5.41, 5.74) is 1.61. The third kappa shape index (κ3) is 3.16. The molecule has 2 bridgehead atoms. The minimum atomic E-state index is -0.924. The Bertz CT molecular complexity index is 914. The van der Waals surface area contributed by atoms with Gasteiger partial charge in [-0.05, 0) is 61.9 Å². The number of imide groups is 2. The number of carbonyl (C=O) groups is 4. The summed E-state index contributed by atoms with van der Waals surface area (Å²) in [4.78, 5) is 50.2. The molecule has 1 unspecified atom stereocenters. The van der Waals surface area contributed by atoms with Crippen LogP contribution in [0.2, 0.25) is 0 Å². The molecule has 1 aliphatic carbocycles. The molecule has 5 rings (SSSR count). The standard InChI is InChI=1S/C21H24N4O4/c26-18-4-3-17(19(27)24-18)25-20(28)14-2-1-11(6-15(14)21(25)29)9-23-16-7-12-5-13(16)10-22-8-12/h1-2,6,12-13,16-17,22-23H,3-5,7-10H2,(H,24,26,27)/t12-,13-,16+,17?/m0/s1. The van der Waals surface area contributed by atoms with Crippen molar-refractivity contribution in [2.45, 2.75) is 44.3 Å². The molecule has 0 spiro atoms. The lowest BCUT2D eigenvalue weighted by Gasteiger charge is -2.27. The molecule has 3 fully saturated rings. The number of piperidine rings is 2. The van der Waals surface area contributed by atoms with Gasteiger partial charge in [0.15, 0.2) is 0 Å². The van der Waals surface area contributed by atoms with Crippen molar-refractivity contribution in [3.8, 4) is 0 Å². The Morgan fingerprint density at radius 1 is 1.03 bits per heavy atom. The molecule has 29 heavy (non-hydrogen) atoms. The van der Waals surface area contributed by atoms with Gasteiger partial charge in [-0.3, -0.25) is 29.4 Å². The molecule has 0 radical (unpaired) electrons. The Morgan fingerprint density at radius 3 is 2.66 bits per heavy atom. The van der Waals surface area contributed by atoms with Crippen LogP contribution in [0.3, 0.4) is 0 Å². The molecule has 0 aromatic heterocycles. The average molecular weight is 396 g/mol. The second-order valence-corrected chi connectivity index (χ2v) is 8.57. The van der Waals surface area contributed by atoms with E-state index in [1.165, 1.54) is 12.8 Å². The number of hydrogen-bond donors (Lipinski definition) is 3. The summed E-state index contributed by atoms with van der Waals surface area (Å²) in [5.74, 6) is -0.486. The van der Waals surface area contributed by atoms with Gasteiger partial charge in [-0.1, -0.05) is 6.07 Å². The topological polar surface area (TPSA) is 108 Å². The summed E-state index contributed by atoms with van der Waals surface area (Å²) in [6.07, 6.45) is 2.73. The Hall–Kier alpha value is -2.58. The van der Waals surface area contributed by atoms with Crippen molar-refractivity contribution >= 4 is 23.6 Å². The summed E-state index contributed by atoms with van der Waals surface area (Å²) in [6, 6.07) is 4.85. The summed E-state index contributed by atoms with van der Waals surface area (Å²) in [5, 5.41) is 9.32. The summed E-state index contributed by atoms with van der Waals surface area (Å²) in [7, 11) is 0. The molecule has 2 saturated heterocycles. The van der Waals surface area contributed by atoms with E-state index in [0.717, 1.165) is 29.5 Å². The van der Waals surface area contributed by atoms with Gasteiger partial charge in [-0.15, -0.1) is 0 Å². The smallest absolute Gasteiger partial charge is 0.262 e. The number of nitrogens with zero attached hydrogens (tertiary/aromatic N) is 1. The Morgan fingerprint density at radius 2 is 1.86 bits per heavy atom. The third-order valence-electron chi connectivity index (χ3n) is 6.70. The molecule has 4 atom stereocenters. The van der Waals surface area contributed by atoms with Crippen LogP contribution in [0, 0.1) is 11.8 Å². The van der Waals surface area contributed by atoms with Gasteiger partial charge < -0.3 is 10.6 Å². The molecular weight excluding hydrogens is 372 g/mol. The average Bonchev–Trinajstić information content (AvgIpc) is 3.13. The largest absolute Gasteiger partial charge is 0.316 e. The van der Waals surface area contributed by atoms with Crippen LogP contribution in [0.4, 0.5) is 0 Å². The number of rotatable bonds is 4. The molecule has 3 heterocycles. The van der Waals surface area contributed by atoms with Crippen molar-refractivity contribution in [2.24, 2.45) is 11.8 Å². The molecule has 152 valence electrons. The van der Waals surface area contributed by atoms with Gasteiger partial charge >= 0.3 is 0 Å². The first-order chi connectivity index (χ1) is 14.0. The maximum absolute atomic E-state index is 12.9. The zero-order chi connectivity index (χ0) is 20.1. The van der Waals surface area contributed by atoms with Crippen LogP contribution in [0.1, 0.15) is 52.0 Å². The van der Waals surface area contributed by atoms with E-state index in [2.05, 4.69) is 16.0 Å². The molecule has 4 amide bonds. The third-order valence-corrected chi connectivity index (χ3v) is 6.70. The van der Waals surface area contributed by atoms with Crippen LogP contribution in [-0.2, 0) is 16.1 Å². The van der Waals surface area contributed by atoms with Crippen LogP contribution in [-0.4, -0.2) is 53.7 Å². The Kier molecular flexibility index (Phi) is 4.48. The number of nitrogens with one attached hydrogen (secondary N) is 3. The number of fused-ring (bicyclic) bond motifs is 3. The maximum Gasteiger partial charge on any atom is 0.262 e. The van der Waals surface area contributed by atoms with Crippen molar-refractivity contribution in [1.29, 1.82) is 0 Å². The second-order valence-electron chi connectivity index (χ2n) is 8.57. The fraction of sp³-hybridized carbons (Fsp3) is 0.524. The van der Waals surface area contributed by atoms with E-state index in [1.54, 1.807) is 12.1 Å². The molecule has 8 heteroatoms. The van der Waals surface area contributed by atoms with Crippen molar-refractivity contribution in [3.05, 3.63) is 34.9 Å². The maximum atomic E-state index is 12.9. The first-order valence-electron chi connectivity index (χ1n) is 10.3. The molecule has 1 aromatic carbocycles. The van der Waals surface area contributed by atoms with Gasteiger partial charge in [0.05, 0.1) is 11.1 Å². The molecule has 1 saturated carbocycles. The summed E-state index contributed by atoms with van der Waals surface area (Å²) >= 11 is 0. The van der Waals surface area contributed by atoms with E-state index < -0.39 is 23.8 Å². The molecule has 3 aliphatic heterocycles. The summed E-state index contributed by atoms with van der Waals surface area (Å²) < 4.78 is 0. The van der Waals surface area contributed by atoms with E-state index in [9.17, 15) is 19.2 Å². The highest BCUT2D eigenvalue weighted by molar-refractivity contribution is 6.23. The second kappa shape index (κ2) is 7.03. The van der Waals surface area contributed by atoms with Gasteiger partial charge in [-0.2, -0.15) is 0 Å². The molecule has 1 aromatic rings. The SMILES string of the molecule is O=C1CCC(N2C(=O)c3ccc(CN[C@@H]4C[C@H]5CNC[C@@H]4C5)cc3C2=O)C(=O)N1.